The predicted molar refractivity (Wildman–Crippen MR) is 112 cm³/mol. The van der Waals surface area contributed by atoms with E-state index in [1.54, 1.807) is 22.5 Å². The van der Waals surface area contributed by atoms with Gasteiger partial charge in [0.1, 0.15) is 0 Å². The lowest BCUT2D eigenvalue weighted by molar-refractivity contribution is 0.388. The summed E-state index contributed by atoms with van der Waals surface area (Å²) in [6.45, 7) is 0.559. The van der Waals surface area contributed by atoms with E-state index in [2.05, 4.69) is 0 Å². The van der Waals surface area contributed by atoms with Gasteiger partial charge < -0.3 is 10.7 Å². The molecule has 27 heavy (non-hydrogen) atoms. The first-order valence-corrected chi connectivity index (χ1v) is 9.62. The van der Waals surface area contributed by atoms with Gasteiger partial charge >= 0.3 is 0 Å². The van der Waals surface area contributed by atoms with Crippen LogP contribution < -0.4 is 11.6 Å². The van der Waals surface area contributed by atoms with Crippen molar-refractivity contribution in [2.24, 2.45) is 11.6 Å². The molecule has 0 bridgehead atoms. The summed E-state index contributed by atoms with van der Waals surface area (Å²) < 4.78 is 1.98. The van der Waals surface area contributed by atoms with Crippen LogP contribution in [0.15, 0.2) is 72.4 Å². The van der Waals surface area contributed by atoms with Gasteiger partial charge in [-0.1, -0.05) is 54.1 Å². The fraction of sp³-hybridized carbons (Fsp3) is 0.0500. The van der Waals surface area contributed by atoms with E-state index in [4.69, 9.17) is 28.2 Å². The third kappa shape index (κ3) is 3.68. The van der Waals surface area contributed by atoms with Crippen LogP contribution in [0.5, 0.6) is 0 Å². The Labute approximate surface area is 166 Å². The second-order valence-corrected chi connectivity index (χ2v) is 7.42. The zero-order valence-electron chi connectivity index (χ0n) is 14.4. The summed E-state index contributed by atoms with van der Waals surface area (Å²) in [5.74, 6) is 6.17. The molecule has 0 atom stereocenters. The van der Waals surface area contributed by atoms with Gasteiger partial charge in [-0.3, -0.25) is 4.40 Å². The third-order valence-corrected chi connectivity index (χ3v) is 5.17. The Morgan fingerprint density at radius 1 is 1.15 bits per heavy atom. The number of aromatic nitrogens is 2. The van der Waals surface area contributed by atoms with Crippen molar-refractivity contribution in [3.8, 4) is 11.3 Å². The molecule has 0 radical (unpaired) electrons. The SMILES string of the molecule is N/C(=C\N(N)Cc1ccccc1)c1c(-c2ccc(Cl)cc2)nc2sccn12. The van der Waals surface area contributed by atoms with E-state index in [1.807, 2.05) is 70.6 Å². The zero-order valence-corrected chi connectivity index (χ0v) is 16.0. The zero-order chi connectivity index (χ0) is 18.8. The molecular formula is C20H18ClN5S. The summed E-state index contributed by atoms with van der Waals surface area (Å²) in [6, 6.07) is 17.6. The average molecular weight is 396 g/mol. The molecular weight excluding hydrogens is 378 g/mol. The number of hydrogen-bond donors (Lipinski definition) is 2. The highest BCUT2D eigenvalue weighted by atomic mass is 35.5. The minimum absolute atomic E-state index is 0.546. The number of nitrogens with two attached hydrogens (primary N) is 2. The molecule has 0 aliphatic rings. The third-order valence-electron chi connectivity index (χ3n) is 4.17. The Morgan fingerprint density at radius 3 is 2.63 bits per heavy atom. The highest BCUT2D eigenvalue weighted by Gasteiger charge is 2.17. The predicted octanol–water partition coefficient (Wildman–Crippen LogP) is 4.35. The second kappa shape index (κ2) is 7.44. The van der Waals surface area contributed by atoms with Crippen LogP contribution in [0.1, 0.15) is 11.3 Å². The quantitative estimate of drug-likeness (QED) is 0.389. The molecule has 2 aromatic heterocycles. The number of hydrogen-bond acceptors (Lipinski definition) is 5. The number of rotatable bonds is 5. The Balaban J connectivity index is 1.72. The van der Waals surface area contributed by atoms with Gasteiger partial charge in [0.25, 0.3) is 0 Å². The van der Waals surface area contributed by atoms with Crippen molar-refractivity contribution in [1.29, 1.82) is 0 Å². The first kappa shape index (κ1) is 17.6. The normalized spacial score (nSPS) is 11.9. The monoisotopic (exact) mass is 395 g/mol. The Morgan fingerprint density at radius 2 is 1.89 bits per heavy atom. The summed E-state index contributed by atoms with van der Waals surface area (Å²) in [4.78, 5) is 5.62. The van der Waals surface area contributed by atoms with Gasteiger partial charge in [-0.25, -0.2) is 10.8 Å². The van der Waals surface area contributed by atoms with Crippen LogP contribution in [-0.2, 0) is 6.54 Å². The van der Waals surface area contributed by atoms with E-state index in [9.17, 15) is 0 Å². The summed E-state index contributed by atoms with van der Waals surface area (Å²) in [5, 5.41) is 4.25. The van der Waals surface area contributed by atoms with Gasteiger partial charge in [-0.2, -0.15) is 0 Å². The second-order valence-electron chi connectivity index (χ2n) is 6.11. The highest BCUT2D eigenvalue weighted by molar-refractivity contribution is 7.15. The number of halogens is 1. The minimum Gasteiger partial charge on any atom is -0.396 e. The number of imidazole rings is 1. The number of fused-ring (bicyclic) bond motifs is 1. The maximum absolute atomic E-state index is 6.44. The molecule has 0 aliphatic heterocycles. The van der Waals surface area contributed by atoms with Crippen molar-refractivity contribution in [3.05, 3.63) is 88.7 Å². The maximum Gasteiger partial charge on any atom is 0.194 e. The van der Waals surface area contributed by atoms with Crippen molar-refractivity contribution >= 4 is 33.6 Å². The van der Waals surface area contributed by atoms with E-state index in [0.717, 1.165) is 27.5 Å². The minimum atomic E-state index is 0.546. The van der Waals surface area contributed by atoms with E-state index in [-0.39, 0.29) is 0 Å². The van der Waals surface area contributed by atoms with Crippen LogP contribution in [0.4, 0.5) is 0 Å². The van der Waals surface area contributed by atoms with Gasteiger partial charge in [-0.15, -0.1) is 11.3 Å². The fourth-order valence-corrected chi connectivity index (χ4v) is 3.79. The van der Waals surface area contributed by atoms with Crippen LogP contribution in [0.2, 0.25) is 5.02 Å². The molecule has 0 spiro atoms. The molecule has 4 N–H and O–H groups in total. The molecule has 0 amide bonds. The van der Waals surface area contributed by atoms with Crippen molar-refractivity contribution in [2.45, 2.75) is 6.54 Å². The lowest BCUT2D eigenvalue weighted by Gasteiger charge is -2.15. The van der Waals surface area contributed by atoms with E-state index in [1.165, 1.54) is 0 Å². The largest absolute Gasteiger partial charge is 0.396 e. The first-order valence-electron chi connectivity index (χ1n) is 8.36. The molecule has 2 aromatic carbocycles. The lowest BCUT2D eigenvalue weighted by atomic mass is 10.1. The standard InChI is InChI=1S/C20H18ClN5S/c21-16-8-6-15(7-9-16)18-19(26-10-11-27-20(26)24-18)17(22)13-25(23)12-14-4-2-1-3-5-14/h1-11,13H,12,22-23H2/b17-13-. The molecule has 0 aliphatic carbocycles. The summed E-state index contributed by atoms with van der Waals surface area (Å²) in [5.41, 5.74) is 10.7. The fourth-order valence-electron chi connectivity index (χ4n) is 2.95. The van der Waals surface area contributed by atoms with E-state index in [0.29, 0.717) is 17.3 Å². The Kier molecular flexibility index (Phi) is 4.85. The maximum atomic E-state index is 6.44. The van der Waals surface area contributed by atoms with Gasteiger partial charge in [-0.05, 0) is 17.7 Å². The van der Waals surface area contributed by atoms with Gasteiger partial charge in [0.05, 0.1) is 23.6 Å². The molecule has 5 nitrogen and oxygen atoms in total. The van der Waals surface area contributed by atoms with Crippen molar-refractivity contribution < 1.29 is 0 Å². The molecule has 0 saturated heterocycles. The van der Waals surface area contributed by atoms with Crippen LogP contribution in [-0.4, -0.2) is 14.4 Å². The molecule has 2 heterocycles. The number of benzene rings is 2. The first-order chi connectivity index (χ1) is 13.1. The summed E-state index contributed by atoms with van der Waals surface area (Å²) in [6.07, 6.45) is 3.70. The van der Waals surface area contributed by atoms with Crippen molar-refractivity contribution in [3.63, 3.8) is 0 Å². The molecule has 4 aromatic rings. The van der Waals surface area contributed by atoms with Crippen molar-refractivity contribution in [2.75, 3.05) is 0 Å². The number of thiazole rings is 1. The van der Waals surface area contributed by atoms with Gasteiger partial charge in [0, 0.05) is 28.4 Å². The average Bonchev–Trinajstić information content (AvgIpc) is 3.24. The molecule has 0 fully saturated rings. The number of hydrazine groups is 1. The molecule has 0 unspecified atom stereocenters. The molecule has 0 saturated carbocycles. The van der Waals surface area contributed by atoms with Gasteiger partial charge in [0.2, 0.25) is 0 Å². The van der Waals surface area contributed by atoms with Crippen LogP contribution in [0.3, 0.4) is 0 Å². The molecule has 7 heteroatoms. The van der Waals surface area contributed by atoms with Crippen LogP contribution in [0, 0.1) is 0 Å². The topological polar surface area (TPSA) is 72.6 Å². The smallest absolute Gasteiger partial charge is 0.194 e. The summed E-state index contributed by atoms with van der Waals surface area (Å²) in [7, 11) is 0. The van der Waals surface area contributed by atoms with E-state index < -0.39 is 0 Å². The Hall–Kier alpha value is -2.80. The van der Waals surface area contributed by atoms with Gasteiger partial charge in [0.15, 0.2) is 4.96 Å². The number of nitrogens with zero attached hydrogens (tertiary/aromatic N) is 3. The summed E-state index contributed by atoms with van der Waals surface area (Å²) >= 11 is 7.58. The van der Waals surface area contributed by atoms with Crippen LogP contribution in [0.25, 0.3) is 21.9 Å². The molecule has 136 valence electrons. The van der Waals surface area contributed by atoms with E-state index >= 15 is 0 Å². The molecule has 4 rings (SSSR count). The lowest BCUT2D eigenvalue weighted by Crippen LogP contribution is -2.25. The highest BCUT2D eigenvalue weighted by Crippen LogP contribution is 2.30. The van der Waals surface area contributed by atoms with Crippen LogP contribution >= 0.6 is 22.9 Å². The van der Waals surface area contributed by atoms with Crippen molar-refractivity contribution in [1.82, 2.24) is 14.4 Å². The Bertz CT molecular complexity index is 1080.